The average molecular weight is 452 g/mol. The van der Waals surface area contributed by atoms with Crippen LogP contribution in [0.15, 0.2) is 59.1 Å². The number of methoxy groups -OCH3 is 2. The minimum Gasteiger partial charge on any atom is -0.481 e. The van der Waals surface area contributed by atoms with Crippen LogP contribution in [-0.2, 0) is 6.54 Å². The van der Waals surface area contributed by atoms with E-state index in [1.54, 1.807) is 13.2 Å². The molecule has 0 atom stereocenters. The van der Waals surface area contributed by atoms with Gasteiger partial charge < -0.3 is 18.6 Å². The molecule has 5 aromatic rings. The number of ether oxygens (including phenoxy) is 2. The van der Waals surface area contributed by atoms with Crippen molar-refractivity contribution in [3.8, 4) is 57.2 Å². The molecule has 34 heavy (non-hydrogen) atoms. The van der Waals surface area contributed by atoms with Crippen LogP contribution in [0.1, 0.15) is 11.3 Å². The number of rotatable bonds is 5. The Morgan fingerprint density at radius 2 is 1.71 bits per heavy atom. The lowest BCUT2D eigenvalue weighted by molar-refractivity contribution is 0.353. The highest BCUT2D eigenvalue weighted by Gasteiger charge is 2.29. The third kappa shape index (κ3) is 3.13. The number of nitrogens with zero attached hydrogens (tertiary/aromatic N) is 6. The Labute approximate surface area is 195 Å². The maximum Gasteiger partial charge on any atom is 0.320 e. The molecule has 4 heterocycles. The lowest BCUT2D eigenvalue weighted by atomic mass is 10.0. The van der Waals surface area contributed by atoms with E-state index in [1.165, 1.54) is 7.11 Å². The Kier molecular flexibility index (Phi) is 4.61. The van der Waals surface area contributed by atoms with Crippen molar-refractivity contribution in [2.45, 2.75) is 13.5 Å². The summed E-state index contributed by atoms with van der Waals surface area (Å²) < 4.78 is 18.2. The van der Waals surface area contributed by atoms with Gasteiger partial charge in [-0.3, -0.25) is 0 Å². The van der Waals surface area contributed by atoms with E-state index in [0.717, 1.165) is 45.2 Å². The summed E-state index contributed by atoms with van der Waals surface area (Å²) in [5.74, 6) is 2.66. The second-order valence-electron chi connectivity index (χ2n) is 7.92. The summed E-state index contributed by atoms with van der Waals surface area (Å²) in [6.45, 7) is 2.55. The maximum absolute atomic E-state index is 5.56. The molecular formula is C25H20N6O3. The van der Waals surface area contributed by atoms with E-state index in [1.807, 2.05) is 43.3 Å². The summed E-state index contributed by atoms with van der Waals surface area (Å²) in [6.07, 6.45) is 0. The van der Waals surface area contributed by atoms with Crippen LogP contribution in [0.3, 0.4) is 0 Å². The van der Waals surface area contributed by atoms with Crippen LogP contribution >= 0.6 is 0 Å². The predicted molar refractivity (Wildman–Crippen MR) is 124 cm³/mol. The van der Waals surface area contributed by atoms with E-state index in [4.69, 9.17) is 14.0 Å². The van der Waals surface area contributed by atoms with Crippen LogP contribution in [0.2, 0.25) is 0 Å². The first-order valence-corrected chi connectivity index (χ1v) is 10.7. The normalized spacial score (nSPS) is 11.9. The molecule has 0 radical (unpaired) electrons. The quantitative estimate of drug-likeness (QED) is 0.379. The van der Waals surface area contributed by atoms with Gasteiger partial charge in [0, 0.05) is 22.8 Å². The molecule has 0 aliphatic carbocycles. The van der Waals surface area contributed by atoms with E-state index >= 15 is 0 Å². The van der Waals surface area contributed by atoms with Crippen molar-refractivity contribution >= 4 is 0 Å². The van der Waals surface area contributed by atoms with Gasteiger partial charge in [-0.15, -0.1) is 10.2 Å². The van der Waals surface area contributed by atoms with Crippen LogP contribution in [0.4, 0.5) is 0 Å². The molecule has 9 nitrogen and oxygen atoms in total. The lowest BCUT2D eigenvalue weighted by Crippen LogP contribution is -1.99. The number of fused-ring (bicyclic) bond motifs is 3. The molecule has 6 rings (SSSR count). The Balaban J connectivity index is 1.44. The first-order chi connectivity index (χ1) is 16.7. The summed E-state index contributed by atoms with van der Waals surface area (Å²) in [7, 11) is 3.09. The Hall–Kier alpha value is -4.53. The zero-order valence-corrected chi connectivity index (χ0v) is 18.8. The largest absolute Gasteiger partial charge is 0.481 e. The monoisotopic (exact) mass is 452 g/mol. The Morgan fingerprint density at radius 1 is 0.882 bits per heavy atom. The summed E-state index contributed by atoms with van der Waals surface area (Å²) in [6, 6.07) is 18.1. The predicted octanol–water partition coefficient (Wildman–Crippen LogP) is 4.41. The zero-order chi connectivity index (χ0) is 23.2. The second kappa shape index (κ2) is 7.80. The van der Waals surface area contributed by atoms with Crippen LogP contribution in [0, 0.1) is 6.92 Å². The van der Waals surface area contributed by atoms with Gasteiger partial charge in [0.2, 0.25) is 5.88 Å². The molecule has 0 saturated heterocycles. The van der Waals surface area contributed by atoms with Crippen molar-refractivity contribution < 1.29 is 14.0 Å². The highest BCUT2D eigenvalue weighted by Crippen LogP contribution is 2.40. The summed E-state index contributed by atoms with van der Waals surface area (Å²) >= 11 is 0. The van der Waals surface area contributed by atoms with Crippen molar-refractivity contribution in [1.82, 2.24) is 29.9 Å². The van der Waals surface area contributed by atoms with Gasteiger partial charge in [-0.2, -0.15) is 9.97 Å². The molecule has 0 bridgehead atoms. The molecule has 168 valence electrons. The molecule has 0 N–H and O–H groups in total. The number of hydrogen-bond acceptors (Lipinski definition) is 8. The number of benzene rings is 2. The first-order valence-electron chi connectivity index (χ1n) is 10.7. The molecule has 2 aromatic carbocycles. The van der Waals surface area contributed by atoms with Crippen molar-refractivity contribution in [2.24, 2.45) is 0 Å². The molecule has 3 aromatic heterocycles. The molecule has 0 saturated carbocycles. The minimum absolute atomic E-state index is 0.247. The third-order valence-electron chi connectivity index (χ3n) is 5.93. The Bertz CT molecular complexity index is 1500. The zero-order valence-electron chi connectivity index (χ0n) is 18.8. The van der Waals surface area contributed by atoms with E-state index in [0.29, 0.717) is 23.9 Å². The van der Waals surface area contributed by atoms with Gasteiger partial charge >= 0.3 is 6.01 Å². The van der Waals surface area contributed by atoms with Crippen LogP contribution < -0.4 is 9.47 Å². The number of hydrogen-bond donors (Lipinski definition) is 0. The molecular weight excluding hydrogens is 432 g/mol. The third-order valence-corrected chi connectivity index (χ3v) is 5.93. The fourth-order valence-corrected chi connectivity index (χ4v) is 4.27. The van der Waals surface area contributed by atoms with E-state index in [-0.39, 0.29) is 6.01 Å². The molecule has 9 heteroatoms. The van der Waals surface area contributed by atoms with E-state index in [2.05, 4.69) is 42.0 Å². The van der Waals surface area contributed by atoms with Crippen molar-refractivity contribution in [3.05, 3.63) is 65.9 Å². The molecule has 0 amide bonds. The van der Waals surface area contributed by atoms with Crippen molar-refractivity contribution in [3.63, 3.8) is 0 Å². The molecule has 1 aliphatic rings. The smallest absolute Gasteiger partial charge is 0.320 e. The van der Waals surface area contributed by atoms with Crippen molar-refractivity contribution in [1.29, 1.82) is 0 Å². The fraction of sp³-hybridized carbons (Fsp3) is 0.160. The van der Waals surface area contributed by atoms with Crippen LogP contribution in [0.5, 0.6) is 11.9 Å². The SMILES string of the molecule is COc1cc(-c2ccc3c(c2)-c2nnc(-c4c(-c5ccccc5)noc4C)n2C3)nc(OC)n1. The van der Waals surface area contributed by atoms with Gasteiger partial charge in [-0.25, -0.2) is 0 Å². The lowest BCUT2D eigenvalue weighted by Gasteiger charge is -2.07. The highest BCUT2D eigenvalue weighted by molar-refractivity contribution is 5.81. The number of aromatic nitrogens is 6. The topological polar surface area (TPSA) is 101 Å². The van der Waals surface area contributed by atoms with Gasteiger partial charge in [0.1, 0.15) is 11.5 Å². The number of aryl methyl sites for hydroxylation is 1. The standard InChI is InChI=1S/C25H20N6O3/c1-14-21(22(30-34-14)15-7-5-4-6-8-15)24-29-28-23-18-11-16(9-10-17(18)13-31(23)24)19-12-20(32-2)27-25(26-19)33-3/h4-12H,13H2,1-3H3. The van der Waals surface area contributed by atoms with Gasteiger partial charge in [-0.05, 0) is 18.6 Å². The van der Waals surface area contributed by atoms with Gasteiger partial charge in [0.15, 0.2) is 11.6 Å². The maximum atomic E-state index is 5.56. The summed E-state index contributed by atoms with van der Waals surface area (Å²) in [4.78, 5) is 8.66. The highest BCUT2D eigenvalue weighted by atomic mass is 16.5. The van der Waals surface area contributed by atoms with Crippen molar-refractivity contribution in [2.75, 3.05) is 14.2 Å². The molecule has 0 fully saturated rings. The second-order valence-corrected chi connectivity index (χ2v) is 7.92. The van der Waals surface area contributed by atoms with E-state index < -0.39 is 0 Å². The Morgan fingerprint density at radius 3 is 2.50 bits per heavy atom. The van der Waals surface area contributed by atoms with E-state index in [9.17, 15) is 0 Å². The first kappa shape index (κ1) is 20.1. The molecule has 0 spiro atoms. The molecule has 1 aliphatic heterocycles. The summed E-state index contributed by atoms with van der Waals surface area (Å²) in [5, 5.41) is 13.4. The van der Waals surface area contributed by atoms with Gasteiger partial charge in [0.05, 0.1) is 32.0 Å². The fourth-order valence-electron chi connectivity index (χ4n) is 4.27. The minimum atomic E-state index is 0.247. The van der Waals surface area contributed by atoms with Gasteiger partial charge in [0.25, 0.3) is 0 Å². The van der Waals surface area contributed by atoms with Crippen LogP contribution in [0.25, 0.3) is 45.3 Å². The molecule has 0 unspecified atom stereocenters. The average Bonchev–Trinajstić information content (AvgIpc) is 3.57. The summed E-state index contributed by atoms with van der Waals surface area (Å²) in [5.41, 5.74) is 6.33. The van der Waals surface area contributed by atoms with Gasteiger partial charge in [-0.1, -0.05) is 47.6 Å². The van der Waals surface area contributed by atoms with Crippen LogP contribution in [-0.4, -0.2) is 44.1 Å².